The molecule has 130 valence electrons. The van der Waals surface area contributed by atoms with Gasteiger partial charge in [0.1, 0.15) is 22.7 Å². The first-order valence-corrected chi connectivity index (χ1v) is 9.10. The molecule has 0 spiro atoms. The first kappa shape index (κ1) is 15.4. The van der Waals surface area contributed by atoms with Gasteiger partial charge in [0.15, 0.2) is 0 Å². The van der Waals surface area contributed by atoms with Crippen molar-refractivity contribution in [3.8, 4) is 0 Å². The normalized spacial score (nSPS) is 17.4. The van der Waals surface area contributed by atoms with E-state index in [1.165, 1.54) is 12.1 Å². The fraction of sp³-hybridized carbons (Fsp3) is 0.222. The molecule has 1 atom stereocenters. The standard InChI is InChI=1S/C18H14FN5OS/c19-11-4-6-12-14(9-11)21-17(20-12)16-2-1-7-24(16)18(25)10-3-5-13-15(8-10)23-26-22-13/h3-6,8-9,16H,1-2,7H2,(H,20,21). The highest BCUT2D eigenvalue weighted by molar-refractivity contribution is 7.00. The number of hydrogen-bond donors (Lipinski definition) is 1. The molecule has 1 fully saturated rings. The van der Waals surface area contributed by atoms with Gasteiger partial charge in [0.05, 0.1) is 28.8 Å². The zero-order valence-corrected chi connectivity index (χ0v) is 14.5. The lowest BCUT2D eigenvalue weighted by atomic mass is 10.1. The summed E-state index contributed by atoms with van der Waals surface area (Å²) in [5.41, 5.74) is 3.48. The van der Waals surface area contributed by atoms with Crippen LogP contribution >= 0.6 is 11.7 Å². The van der Waals surface area contributed by atoms with Crippen LogP contribution in [0.5, 0.6) is 0 Å². The maximum absolute atomic E-state index is 13.4. The molecule has 5 rings (SSSR count). The van der Waals surface area contributed by atoms with Crippen LogP contribution in [0.15, 0.2) is 36.4 Å². The Hall–Kier alpha value is -2.87. The highest BCUT2D eigenvalue weighted by Gasteiger charge is 2.32. The molecule has 1 amide bonds. The second-order valence-corrected chi connectivity index (χ2v) is 6.94. The van der Waals surface area contributed by atoms with E-state index >= 15 is 0 Å². The van der Waals surface area contributed by atoms with Gasteiger partial charge < -0.3 is 9.88 Å². The second kappa shape index (κ2) is 5.84. The van der Waals surface area contributed by atoms with Crippen LogP contribution in [0.25, 0.3) is 22.1 Å². The molecule has 6 nitrogen and oxygen atoms in total. The van der Waals surface area contributed by atoms with E-state index in [2.05, 4.69) is 18.7 Å². The zero-order chi connectivity index (χ0) is 17.7. The van der Waals surface area contributed by atoms with Crippen LogP contribution in [0.1, 0.15) is 35.1 Å². The van der Waals surface area contributed by atoms with Gasteiger partial charge in [-0.15, -0.1) is 0 Å². The Bertz CT molecular complexity index is 1140. The topological polar surface area (TPSA) is 74.8 Å². The molecule has 3 heterocycles. The predicted molar refractivity (Wildman–Crippen MR) is 96.5 cm³/mol. The fourth-order valence-corrected chi connectivity index (χ4v) is 4.05. The first-order chi connectivity index (χ1) is 12.7. The minimum absolute atomic E-state index is 0.0472. The molecule has 0 saturated carbocycles. The molecule has 1 aliphatic rings. The third-order valence-corrected chi connectivity index (χ3v) is 5.35. The molecule has 26 heavy (non-hydrogen) atoms. The fourth-order valence-electron chi connectivity index (χ4n) is 3.53. The van der Waals surface area contributed by atoms with Gasteiger partial charge in [-0.3, -0.25) is 4.79 Å². The maximum Gasteiger partial charge on any atom is 0.254 e. The second-order valence-electron chi connectivity index (χ2n) is 6.41. The van der Waals surface area contributed by atoms with Crippen molar-refractivity contribution in [1.82, 2.24) is 23.6 Å². The number of aromatic nitrogens is 4. The van der Waals surface area contributed by atoms with Crippen LogP contribution in [0.2, 0.25) is 0 Å². The highest BCUT2D eigenvalue weighted by atomic mass is 32.1. The average Bonchev–Trinajstić information content (AvgIpc) is 3.37. The molecule has 8 heteroatoms. The molecule has 0 bridgehead atoms. The van der Waals surface area contributed by atoms with E-state index in [1.54, 1.807) is 18.2 Å². The Morgan fingerprint density at radius 3 is 2.92 bits per heavy atom. The molecule has 1 saturated heterocycles. The lowest BCUT2D eigenvalue weighted by Gasteiger charge is -2.23. The lowest BCUT2D eigenvalue weighted by Crippen LogP contribution is -2.31. The summed E-state index contributed by atoms with van der Waals surface area (Å²) in [4.78, 5) is 22.6. The van der Waals surface area contributed by atoms with Crippen molar-refractivity contribution in [2.45, 2.75) is 18.9 Å². The van der Waals surface area contributed by atoms with Crippen molar-refractivity contribution in [2.75, 3.05) is 6.54 Å². The largest absolute Gasteiger partial charge is 0.340 e. The number of carbonyl (C=O) groups is 1. The average molecular weight is 367 g/mol. The van der Waals surface area contributed by atoms with E-state index in [0.29, 0.717) is 29.0 Å². The Morgan fingerprint density at radius 1 is 1.15 bits per heavy atom. The van der Waals surface area contributed by atoms with Crippen molar-refractivity contribution >= 4 is 39.7 Å². The molecular formula is C18H14FN5OS. The van der Waals surface area contributed by atoms with Gasteiger partial charge in [-0.1, -0.05) is 0 Å². The Labute approximate surface area is 152 Å². The number of imidazole rings is 1. The van der Waals surface area contributed by atoms with Crippen molar-refractivity contribution in [3.05, 3.63) is 53.6 Å². The number of nitrogens with one attached hydrogen (secondary N) is 1. The SMILES string of the molecule is O=C(c1ccc2nsnc2c1)N1CCCC1c1nc2ccc(F)cc2[nH]1. The number of rotatable bonds is 2. The van der Waals surface area contributed by atoms with E-state index in [-0.39, 0.29) is 17.8 Å². The summed E-state index contributed by atoms with van der Waals surface area (Å²) in [6, 6.07) is 9.72. The summed E-state index contributed by atoms with van der Waals surface area (Å²) in [5.74, 6) is 0.346. The molecule has 0 radical (unpaired) electrons. The van der Waals surface area contributed by atoms with Gasteiger partial charge in [0.25, 0.3) is 5.91 Å². The summed E-state index contributed by atoms with van der Waals surface area (Å²) in [5, 5.41) is 0. The minimum Gasteiger partial charge on any atom is -0.340 e. The summed E-state index contributed by atoms with van der Waals surface area (Å²) in [6.07, 6.45) is 1.73. The number of hydrogen-bond acceptors (Lipinski definition) is 5. The van der Waals surface area contributed by atoms with Gasteiger partial charge in [0, 0.05) is 12.1 Å². The van der Waals surface area contributed by atoms with E-state index in [4.69, 9.17) is 0 Å². The molecule has 1 unspecified atom stereocenters. The monoisotopic (exact) mass is 367 g/mol. The van der Waals surface area contributed by atoms with Gasteiger partial charge in [-0.2, -0.15) is 8.75 Å². The van der Waals surface area contributed by atoms with Crippen molar-refractivity contribution in [3.63, 3.8) is 0 Å². The Kier molecular flexibility index (Phi) is 3.46. The molecular weight excluding hydrogens is 353 g/mol. The van der Waals surface area contributed by atoms with Crippen molar-refractivity contribution in [2.24, 2.45) is 0 Å². The third-order valence-electron chi connectivity index (χ3n) is 4.79. The molecule has 4 aromatic rings. The molecule has 1 N–H and O–H groups in total. The summed E-state index contributed by atoms with van der Waals surface area (Å²) in [7, 11) is 0. The molecule has 2 aromatic carbocycles. The number of likely N-dealkylation sites (tertiary alicyclic amines) is 1. The van der Waals surface area contributed by atoms with Gasteiger partial charge in [-0.25, -0.2) is 9.37 Å². The Balaban J connectivity index is 1.49. The van der Waals surface area contributed by atoms with Crippen LogP contribution in [-0.4, -0.2) is 36.1 Å². The predicted octanol–water partition coefficient (Wildman–Crippen LogP) is 3.68. The minimum atomic E-state index is -0.308. The van der Waals surface area contributed by atoms with E-state index in [9.17, 15) is 9.18 Å². The van der Waals surface area contributed by atoms with Crippen LogP contribution in [0, 0.1) is 5.82 Å². The van der Waals surface area contributed by atoms with Crippen LogP contribution < -0.4 is 0 Å². The number of fused-ring (bicyclic) bond motifs is 2. The molecule has 1 aliphatic heterocycles. The smallest absolute Gasteiger partial charge is 0.254 e. The number of nitrogens with zero attached hydrogens (tertiary/aromatic N) is 4. The maximum atomic E-state index is 13.4. The van der Waals surface area contributed by atoms with E-state index in [1.807, 2.05) is 11.0 Å². The van der Waals surface area contributed by atoms with Crippen molar-refractivity contribution in [1.29, 1.82) is 0 Å². The van der Waals surface area contributed by atoms with Gasteiger partial charge in [-0.05, 0) is 49.2 Å². The number of carbonyl (C=O) groups excluding carboxylic acids is 1. The van der Waals surface area contributed by atoms with E-state index in [0.717, 1.165) is 35.6 Å². The molecule has 0 aliphatic carbocycles. The number of halogens is 1. The van der Waals surface area contributed by atoms with Crippen LogP contribution in [-0.2, 0) is 0 Å². The summed E-state index contributed by atoms with van der Waals surface area (Å²) >= 11 is 1.14. The number of benzene rings is 2. The van der Waals surface area contributed by atoms with Crippen LogP contribution in [0.3, 0.4) is 0 Å². The first-order valence-electron chi connectivity index (χ1n) is 8.37. The summed E-state index contributed by atoms with van der Waals surface area (Å²) in [6.45, 7) is 0.669. The van der Waals surface area contributed by atoms with Gasteiger partial charge >= 0.3 is 0 Å². The number of amides is 1. The highest BCUT2D eigenvalue weighted by Crippen LogP contribution is 2.33. The third kappa shape index (κ3) is 2.45. The zero-order valence-electron chi connectivity index (χ0n) is 13.6. The molecule has 2 aromatic heterocycles. The quantitative estimate of drug-likeness (QED) is 0.586. The number of H-pyrrole nitrogens is 1. The van der Waals surface area contributed by atoms with E-state index < -0.39 is 0 Å². The Morgan fingerprint density at radius 2 is 2.00 bits per heavy atom. The lowest BCUT2D eigenvalue weighted by molar-refractivity contribution is 0.0730. The van der Waals surface area contributed by atoms with Crippen molar-refractivity contribution < 1.29 is 9.18 Å². The van der Waals surface area contributed by atoms with Gasteiger partial charge in [0.2, 0.25) is 0 Å². The van der Waals surface area contributed by atoms with Crippen LogP contribution in [0.4, 0.5) is 4.39 Å². The number of aromatic amines is 1. The summed E-state index contributed by atoms with van der Waals surface area (Å²) < 4.78 is 21.8.